The van der Waals surface area contributed by atoms with Crippen LogP contribution in [0.1, 0.15) is 33.6 Å². The number of rotatable bonds is 4. The van der Waals surface area contributed by atoms with Crippen LogP contribution in [0.15, 0.2) is 34.4 Å². The molecule has 0 spiro atoms. The normalized spacial score (nSPS) is 14.3. The molecule has 0 N–H and O–H groups in total. The van der Waals surface area contributed by atoms with Crippen molar-refractivity contribution < 1.29 is 0 Å². The van der Waals surface area contributed by atoms with Crippen molar-refractivity contribution in [3.05, 3.63) is 34.4 Å². The predicted molar refractivity (Wildman–Crippen MR) is 60.5 cm³/mol. The SMILES string of the molecule is C/C=C(C)/C(Br)=C\C=C/CCC. The van der Waals surface area contributed by atoms with Crippen LogP contribution in [0.5, 0.6) is 0 Å². The topological polar surface area (TPSA) is 0 Å². The maximum Gasteiger partial charge on any atom is 0.0201 e. The van der Waals surface area contributed by atoms with Gasteiger partial charge in [-0.3, -0.25) is 0 Å². The highest BCUT2D eigenvalue weighted by molar-refractivity contribution is 9.12. The first-order chi connectivity index (χ1) is 5.72. The maximum absolute atomic E-state index is 3.50. The van der Waals surface area contributed by atoms with E-state index in [4.69, 9.17) is 0 Å². The predicted octanol–water partition coefficient (Wildman–Crippen LogP) is 4.59. The van der Waals surface area contributed by atoms with E-state index in [0.717, 1.165) is 10.9 Å². The van der Waals surface area contributed by atoms with Crippen LogP contribution in [0.4, 0.5) is 0 Å². The summed E-state index contributed by atoms with van der Waals surface area (Å²) in [5.41, 5.74) is 1.27. The van der Waals surface area contributed by atoms with Crippen molar-refractivity contribution in [2.24, 2.45) is 0 Å². The Morgan fingerprint density at radius 3 is 2.58 bits per heavy atom. The van der Waals surface area contributed by atoms with Gasteiger partial charge in [-0.05, 0) is 31.9 Å². The highest BCUT2D eigenvalue weighted by atomic mass is 79.9. The summed E-state index contributed by atoms with van der Waals surface area (Å²) in [4.78, 5) is 0. The molecule has 0 aromatic heterocycles. The summed E-state index contributed by atoms with van der Waals surface area (Å²) in [5.74, 6) is 0. The zero-order chi connectivity index (χ0) is 9.40. The van der Waals surface area contributed by atoms with Crippen molar-refractivity contribution in [2.75, 3.05) is 0 Å². The second kappa shape index (κ2) is 7.35. The monoisotopic (exact) mass is 228 g/mol. The van der Waals surface area contributed by atoms with Crippen LogP contribution in [0.3, 0.4) is 0 Å². The van der Waals surface area contributed by atoms with Gasteiger partial charge in [0.2, 0.25) is 0 Å². The molecule has 0 radical (unpaired) electrons. The van der Waals surface area contributed by atoms with Gasteiger partial charge in [-0.2, -0.15) is 0 Å². The quantitative estimate of drug-likeness (QED) is 0.618. The Morgan fingerprint density at radius 1 is 1.42 bits per heavy atom. The molecule has 1 heteroatoms. The van der Waals surface area contributed by atoms with Crippen LogP contribution in [0.25, 0.3) is 0 Å². The van der Waals surface area contributed by atoms with E-state index in [1.165, 1.54) is 12.0 Å². The molecule has 0 amide bonds. The minimum Gasteiger partial charge on any atom is -0.0845 e. The largest absolute Gasteiger partial charge is 0.0845 e. The average molecular weight is 229 g/mol. The molecule has 0 saturated heterocycles. The van der Waals surface area contributed by atoms with Gasteiger partial charge >= 0.3 is 0 Å². The van der Waals surface area contributed by atoms with E-state index in [1.54, 1.807) is 0 Å². The van der Waals surface area contributed by atoms with Gasteiger partial charge in [0.25, 0.3) is 0 Å². The molecule has 0 aromatic rings. The number of hydrogen-bond donors (Lipinski definition) is 0. The lowest BCUT2D eigenvalue weighted by molar-refractivity contribution is 0.959. The highest BCUT2D eigenvalue weighted by Crippen LogP contribution is 2.15. The van der Waals surface area contributed by atoms with E-state index in [9.17, 15) is 0 Å². The molecule has 0 heterocycles. The van der Waals surface area contributed by atoms with Crippen LogP contribution < -0.4 is 0 Å². The molecule has 0 aliphatic carbocycles. The Labute approximate surface area is 84.2 Å². The molecule has 0 nitrogen and oxygen atoms in total. The van der Waals surface area contributed by atoms with E-state index in [2.05, 4.69) is 54.1 Å². The van der Waals surface area contributed by atoms with Gasteiger partial charge in [0, 0.05) is 4.48 Å². The first-order valence-corrected chi connectivity index (χ1v) is 5.17. The average Bonchev–Trinajstić information content (AvgIpc) is 2.10. The third-order valence-corrected chi connectivity index (χ3v) is 2.53. The highest BCUT2D eigenvalue weighted by Gasteiger charge is 1.89. The summed E-state index contributed by atoms with van der Waals surface area (Å²) in [7, 11) is 0. The number of halogens is 1. The van der Waals surface area contributed by atoms with Crippen molar-refractivity contribution in [3.8, 4) is 0 Å². The summed E-state index contributed by atoms with van der Waals surface area (Å²) >= 11 is 3.50. The number of allylic oxidation sites excluding steroid dienone is 6. The smallest absolute Gasteiger partial charge is 0.0201 e. The lowest BCUT2D eigenvalue weighted by Gasteiger charge is -1.94. The molecular formula is C11H17Br. The van der Waals surface area contributed by atoms with E-state index in [1.807, 2.05) is 6.92 Å². The minimum absolute atomic E-state index is 1.16. The van der Waals surface area contributed by atoms with Crippen LogP contribution in [-0.2, 0) is 0 Å². The molecular weight excluding hydrogens is 212 g/mol. The Balaban J connectivity index is 4.00. The van der Waals surface area contributed by atoms with E-state index in [0.29, 0.717) is 0 Å². The van der Waals surface area contributed by atoms with E-state index in [-0.39, 0.29) is 0 Å². The van der Waals surface area contributed by atoms with Gasteiger partial charge in [0.15, 0.2) is 0 Å². The molecule has 12 heavy (non-hydrogen) atoms. The van der Waals surface area contributed by atoms with Crippen molar-refractivity contribution >= 4 is 15.9 Å². The van der Waals surface area contributed by atoms with Gasteiger partial charge in [-0.1, -0.05) is 47.5 Å². The van der Waals surface area contributed by atoms with Gasteiger partial charge in [-0.25, -0.2) is 0 Å². The summed E-state index contributed by atoms with van der Waals surface area (Å²) in [6.07, 6.45) is 10.8. The fraction of sp³-hybridized carbons (Fsp3) is 0.455. The number of hydrogen-bond acceptors (Lipinski definition) is 0. The van der Waals surface area contributed by atoms with Gasteiger partial charge in [0.05, 0.1) is 0 Å². The molecule has 0 aliphatic rings. The molecule has 0 aromatic carbocycles. The third-order valence-electron chi connectivity index (χ3n) is 1.64. The second-order valence-corrected chi connectivity index (χ2v) is 3.56. The molecule has 0 atom stereocenters. The molecule has 0 unspecified atom stereocenters. The summed E-state index contributed by atoms with van der Waals surface area (Å²) < 4.78 is 1.16. The first-order valence-electron chi connectivity index (χ1n) is 4.38. The fourth-order valence-corrected chi connectivity index (χ4v) is 1.07. The Morgan fingerprint density at radius 2 is 2.08 bits per heavy atom. The van der Waals surface area contributed by atoms with Gasteiger partial charge < -0.3 is 0 Å². The van der Waals surface area contributed by atoms with Crippen LogP contribution in [-0.4, -0.2) is 0 Å². The molecule has 0 aliphatic heterocycles. The van der Waals surface area contributed by atoms with Crippen LogP contribution in [0.2, 0.25) is 0 Å². The third kappa shape index (κ3) is 5.36. The Kier molecular flexibility index (Phi) is 7.17. The summed E-state index contributed by atoms with van der Waals surface area (Å²) in [5, 5.41) is 0. The molecule has 0 rings (SSSR count). The van der Waals surface area contributed by atoms with E-state index >= 15 is 0 Å². The molecule has 0 saturated carbocycles. The van der Waals surface area contributed by atoms with Gasteiger partial charge in [-0.15, -0.1) is 0 Å². The standard InChI is InChI=1S/C11H17Br/c1-4-6-7-8-9-11(12)10(3)5-2/h5,7-9H,4,6H2,1-3H3/b8-7-,10-5+,11-9+. The maximum atomic E-state index is 3.50. The molecule has 0 fully saturated rings. The minimum atomic E-state index is 1.16. The fourth-order valence-electron chi connectivity index (χ4n) is 0.685. The van der Waals surface area contributed by atoms with Gasteiger partial charge in [0.1, 0.15) is 0 Å². The molecule has 0 bridgehead atoms. The zero-order valence-corrected chi connectivity index (χ0v) is 9.69. The molecule has 68 valence electrons. The van der Waals surface area contributed by atoms with Crippen molar-refractivity contribution in [1.29, 1.82) is 0 Å². The first kappa shape index (κ1) is 11.7. The van der Waals surface area contributed by atoms with Crippen LogP contribution >= 0.6 is 15.9 Å². The second-order valence-electron chi connectivity index (χ2n) is 2.70. The van der Waals surface area contributed by atoms with Crippen molar-refractivity contribution in [3.63, 3.8) is 0 Å². The zero-order valence-electron chi connectivity index (χ0n) is 8.10. The van der Waals surface area contributed by atoms with E-state index < -0.39 is 0 Å². The van der Waals surface area contributed by atoms with Crippen molar-refractivity contribution in [1.82, 2.24) is 0 Å². The summed E-state index contributed by atoms with van der Waals surface area (Å²) in [6, 6.07) is 0. The lowest BCUT2D eigenvalue weighted by Crippen LogP contribution is -1.72. The van der Waals surface area contributed by atoms with Crippen LogP contribution in [0, 0.1) is 0 Å². The summed E-state index contributed by atoms with van der Waals surface area (Å²) in [6.45, 7) is 6.31. The Bertz CT molecular complexity index is 197. The Hall–Kier alpha value is -0.300. The van der Waals surface area contributed by atoms with Crippen molar-refractivity contribution in [2.45, 2.75) is 33.6 Å². The lowest BCUT2D eigenvalue weighted by atomic mass is 10.2. The number of unbranched alkanes of at least 4 members (excludes halogenated alkanes) is 1.